The molecule has 0 bridgehead atoms. The molecule has 8 heteroatoms. The van der Waals surface area contributed by atoms with Crippen LogP contribution in [-0.4, -0.2) is 25.1 Å². The van der Waals surface area contributed by atoms with Gasteiger partial charge in [0.25, 0.3) is 0 Å². The predicted molar refractivity (Wildman–Crippen MR) is 121 cm³/mol. The molecule has 1 spiro atoms. The van der Waals surface area contributed by atoms with Crippen LogP contribution < -0.4 is 21.0 Å². The van der Waals surface area contributed by atoms with Gasteiger partial charge in [0.15, 0.2) is 11.2 Å². The van der Waals surface area contributed by atoms with Gasteiger partial charge in [-0.2, -0.15) is 0 Å². The Morgan fingerprint density at radius 1 is 1.18 bits per heavy atom. The zero-order valence-corrected chi connectivity index (χ0v) is 17.8. The van der Waals surface area contributed by atoms with Crippen molar-refractivity contribution in [2.24, 2.45) is 5.73 Å². The number of anilines is 1. The number of hydrogen-bond acceptors (Lipinski definition) is 8. The Morgan fingerprint density at radius 3 is 2.67 bits per heavy atom. The number of carbonyl (C=O) groups is 2. The number of rotatable bonds is 4. The van der Waals surface area contributed by atoms with E-state index in [1.165, 1.54) is 0 Å². The molecule has 0 saturated heterocycles. The van der Waals surface area contributed by atoms with Crippen LogP contribution in [0.25, 0.3) is 11.0 Å². The van der Waals surface area contributed by atoms with E-state index in [1.807, 2.05) is 0 Å². The first-order valence-corrected chi connectivity index (χ1v) is 10.4. The molecule has 33 heavy (non-hydrogen) atoms. The van der Waals surface area contributed by atoms with E-state index in [0.29, 0.717) is 16.6 Å². The fourth-order valence-corrected chi connectivity index (χ4v) is 4.70. The van der Waals surface area contributed by atoms with Gasteiger partial charge >= 0.3 is 17.6 Å². The molecule has 3 aromatic rings. The minimum atomic E-state index is -1.94. The Bertz CT molecular complexity index is 1440. The van der Waals surface area contributed by atoms with Gasteiger partial charge in [-0.05, 0) is 25.1 Å². The molecule has 0 unspecified atom stereocenters. The first kappa shape index (κ1) is 20.6. The molecule has 0 saturated carbocycles. The molecular weight excluding hydrogens is 424 g/mol. The van der Waals surface area contributed by atoms with Gasteiger partial charge in [0.2, 0.25) is 0 Å². The van der Waals surface area contributed by atoms with Crippen molar-refractivity contribution in [3.05, 3.63) is 94.1 Å². The first-order valence-electron chi connectivity index (χ1n) is 10.4. The second kappa shape index (κ2) is 7.37. The Labute approximate surface area is 188 Å². The summed E-state index contributed by atoms with van der Waals surface area (Å²) in [6.45, 7) is 5.71. The van der Waals surface area contributed by atoms with Gasteiger partial charge < -0.3 is 24.5 Å². The number of nitrogens with zero attached hydrogens (tertiary/aromatic N) is 1. The third-order valence-corrected chi connectivity index (χ3v) is 5.95. The van der Waals surface area contributed by atoms with Crippen molar-refractivity contribution in [1.82, 2.24) is 0 Å². The maximum absolute atomic E-state index is 13.8. The lowest BCUT2D eigenvalue weighted by Gasteiger charge is -2.40. The van der Waals surface area contributed by atoms with Gasteiger partial charge in [-0.25, -0.2) is 14.4 Å². The van der Waals surface area contributed by atoms with Crippen LogP contribution >= 0.6 is 0 Å². The highest BCUT2D eigenvalue weighted by atomic mass is 16.6. The van der Waals surface area contributed by atoms with Crippen molar-refractivity contribution in [1.29, 1.82) is 0 Å². The number of benzene rings is 2. The Kier molecular flexibility index (Phi) is 4.59. The molecule has 2 aromatic carbocycles. The summed E-state index contributed by atoms with van der Waals surface area (Å²) in [6.07, 6.45) is 1.62. The van der Waals surface area contributed by atoms with Gasteiger partial charge in [0.1, 0.15) is 22.5 Å². The van der Waals surface area contributed by atoms with E-state index < -0.39 is 23.0 Å². The predicted octanol–water partition coefficient (Wildman–Crippen LogP) is 2.74. The minimum Gasteiger partial charge on any atom is -0.462 e. The third kappa shape index (κ3) is 2.60. The first-order chi connectivity index (χ1) is 16.0. The molecule has 5 rings (SSSR count). The van der Waals surface area contributed by atoms with Crippen LogP contribution in [0.3, 0.4) is 0 Å². The summed E-state index contributed by atoms with van der Waals surface area (Å²) in [5, 5.41) is 0.435. The third-order valence-electron chi connectivity index (χ3n) is 5.95. The zero-order valence-electron chi connectivity index (χ0n) is 17.8. The average molecular weight is 444 g/mol. The lowest BCUT2D eigenvalue weighted by molar-refractivity contribution is -0.143. The maximum Gasteiger partial charge on any atom is 0.345 e. The van der Waals surface area contributed by atoms with E-state index in [1.54, 1.807) is 66.4 Å². The van der Waals surface area contributed by atoms with Crippen molar-refractivity contribution in [3.63, 3.8) is 0 Å². The Balaban J connectivity index is 1.97. The fraction of sp³-hybridized carbons (Fsp3) is 0.160. The van der Waals surface area contributed by atoms with E-state index in [2.05, 4.69) is 6.58 Å². The fourth-order valence-electron chi connectivity index (χ4n) is 4.70. The van der Waals surface area contributed by atoms with Crippen LogP contribution in [0.5, 0.6) is 5.75 Å². The average Bonchev–Trinajstić information content (AvgIpc) is 3.11. The number of ether oxygens (including phenoxy) is 2. The SMILES string of the molecule is C=CCN1C(N)=C(C(=O)OCC)[C@@]2(C(=O)Oc3c2c(=O)oc2ccccc32)c2ccccc21. The summed E-state index contributed by atoms with van der Waals surface area (Å²) in [4.78, 5) is 42.1. The summed E-state index contributed by atoms with van der Waals surface area (Å²) in [6, 6.07) is 13.6. The molecule has 2 aliphatic rings. The summed E-state index contributed by atoms with van der Waals surface area (Å²) in [5.74, 6) is -1.62. The number of esters is 2. The van der Waals surface area contributed by atoms with Gasteiger partial charge in [-0.3, -0.25) is 0 Å². The molecule has 0 amide bonds. The van der Waals surface area contributed by atoms with Gasteiger partial charge in [0, 0.05) is 17.8 Å². The standard InChI is InChI=1S/C25H20N2O6/c1-3-13-27-16-11-7-6-10-15(16)25(19(21(27)26)22(28)31-4-2)18-20(33-24(25)30)14-9-5-8-12-17(14)32-23(18)29/h3,5-12H,1,4,13,26H2,2H3/t25-/m1/s1. The molecule has 0 fully saturated rings. The normalized spacial score (nSPS) is 18.8. The molecule has 3 heterocycles. The zero-order chi connectivity index (χ0) is 23.3. The van der Waals surface area contributed by atoms with Crippen molar-refractivity contribution in [2.75, 3.05) is 18.1 Å². The van der Waals surface area contributed by atoms with Crippen LogP contribution in [0.4, 0.5) is 5.69 Å². The summed E-state index contributed by atoms with van der Waals surface area (Å²) in [5.41, 5.74) is 4.67. The van der Waals surface area contributed by atoms with E-state index in [-0.39, 0.29) is 41.4 Å². The topological polar surface area (TPSA) is 112 Å². The number of para-hydroxylation sites is 2. The molecule has 1 atom stereocenters. The van der Waals surface area contributed by atoms with Crippen molar-refractivity contribution in [3.8, 4) is 5.75 Å². The largest absolute Gasteiger partial charge is 0.462 e. The monoisotopic (exact) mass is 444 g/mol. The number of hydrogen-bond donors (Lipinski definition) is 1. The van der Waals surface area contributed by atoms with Crippen molar-refractivity contribution in [2.45, 2.75) is 12.3 Å². The smallest absolute Gasteiger partial charge is 0.345 e. The lowest BCUT2D eigenvalue weighted by atomic mass is 9.67. The summed E-state index contributed by atoms with van der Waals surface area (Å²) >= 11 is 0. The lowest BCUT2D eigenvalue weighted by Crippen LogP contribution is -2.50. The molecule has 2 aliphatic heterocycles. The van der Waals surface area contributed by atoms with Crippen LogP contribution in [0.2, 0.25) is 0 Å². The Hall–Kier alpha value is -4.33. The molecule has 0 radical (unpaired) electrons. The van der Waals surface area contributed by atoms with E-state index in [0.717, 1.165) is 0 Å². The second-order valence-electron chi connectivity index (χ2n) is 7.63. The summed E-state index contributed by atoms with van der Waals surface area (Å²) in [7, 11) is 0. The number of carbonyl (C=O) groups excluding carboxylic acids is 2. The van der Waals surface area contributed by atoms with Crippen molar-refractivity contribution >= 4 is 28.6 Å². The molecule has 166 valence electrons. The quantitative estimate of drug-likeness (QED) is 0.371. The molecular formula is C25H20N2O6. The number of nitrogens with two attached hydrogens (primary N) is 1. The van der Waals surface area contributed by atoms with Crippen LogP contribution in [-0.2, 0) is 19.7 Å². The van der Waals surface area contributed by atoms with Crippen molar-refractivity contribution < 1.29 is 23.5 Å². The second-order valence-corrected chi connectivity index (χ2v) is 7.63. The Morgan fingerprint density at radius 2 is 1.91 bits per heavy atom. The highest BCUT2D eigenvalue weighted by Gasteiger charge is 2.62. The highest BCUT2D eigenvalue weighted by Crippen LogP contribution is 2.55. The minimum absolute atomic E-state index is 0.0237. The molecule has 8 nitrogen and oxygen atoms in total. The van der Waals surface area contributed by atoms with E-state index in [4.69, 9.17) is 19.6 Å². The summed E-state index contributed by atoms with van der Waals surface area (Å²) < 4.78 is 16.6. The van der Waals surface area contributed by atoms with Crippen LogP contribution in [0.1, 0.15) is 18.1 Å². The highest BCUT2D eigenvalue weighted by molar-refractivity contribution is 6.12. The number of fused-ring (bicyclic) bond motifs is 6. The molecule has 1 aromatic heterocycles. The van der Waals surface area contributed by atoms with Gasteiger partial charge in [0.05, 0.1) is 12.0 Å². The van der Waals surface area contributed by atoms with Gasteiger partial charge in [-0.15, -0.1) is 6.58 Å². The molecule has 2 N–H and O–H groups in total. The van der Waals surface area contributed by atoms with E-state index in [9.17, 15) is 14.4 Å². The maximum atomic E-state index is 13.8. The van der Waals surface area contributed by atoms with Gasteiger partial charge in [-0.1, -0.05) is 36.4 Å². The van der Waals surface area contributed by atoms with Crippen LogP contribution in [0, 0.1) is 0 Å². The molecule has 0 aliphatic carbocycles. The van der Waals surface area contributed by atoms with Crippen LogP contribution in [0.15, 0.2) is 81.8 Å². The van der Waals surface area contributed by atoms with E-state index >= 15 is 0 Å².